The van der Waals surface area contributed by atoms with E-state index >= 15 is 0 Å². The Labute approximate surface area is 123 Å². The molecule has 110 valence electrons. The van der Waals surface area contributed by atoms with Crippen molar-refractivity contribution < 1.29 is 13.2 Å². The maximum absolute atomic E-state index is 12.0. The Kier molecular flexibility index (Phi) is 5.01. The third-order valence-corrected chi connectivity index (χ3v) is 5.17. The molecule has 0 heterocycles. The number of benzene rings is 1. The molecular formula is C13H17ClN2O3S. The van der Waals surface area contributed by atoms with E-state index in [1.165, 1.54) is 12.1 Å². The van der Waals surface area contributed by atoms with Crippen LogP contribution >= 0.6 is 11.6 Å². The van der Waals surface area contributed by atoms with Gasteiger partial charge in [0, 0.05) is 6.04 Å². The predicted molar refractivity (Wildman–Crippen MR) is 77.0 cm³/mol. The number of carbonyl (C=O) groups excluding carboxylic acids is 1. The lowest BCUT2D eigenvalue weighted by molar-refractivity contribution is -0.120. The van der Waals surface area contributed by atoms with Crippen LogP contribution in [0.25, 0.3) is 0 Å². The Balaban J connectivity index is 1.92. The van der Waals surface area contributed by atoms with Crippen LogP contribution in [-0.4, -0.2) is 26.9 Å². The number of halogens is 1. The molecule has 1 fully saturated rings. The normalized spacial score (nSPS) is 16.2. The largest absolute Gasteiger partial charge is 0.352 e. The van der Waals surface area contributed by atoms with Gasteiger partial charge in [0.05, 0.1) is 11.6 Å². The Hall–Kier alpha value is -1.11. The van der Waals surface area contributed by atoms with Crippen LogP contribution in [0.15, 0.2) is 29.2 Å². The fraction of sp³-hybridized carbons (Fsp3) is 0.462. The molecular weight excluding hydrogens is 300 g/mol. The standard InChI is InChI=1S/C13H17ClN2O3S/c14-11-7-3-4-8-12(11)20(18,19)15-9-13(17)16-10-5-1-2-6-10/h3-4,7-8,10,15H,1-2,5-6,9H2,(H,16,17). The van der Waals surface area contributed by atoms with Crippen molar-refractivity contribution in [2.24, 2.45) is 0 Å². The zero-order valence-electron chi connectivity index (χ0n) is 10.9. The van der Waals surface area contributed by atoms with Crippen molar-refractivity contribution in [1.82, 2.24) is 10.0 Å². The molecule has 5 nitrogen and oxygen atoms in total. The number of amides is 1. The molecule has 1 aliphatic carbocycles. The summed E-state index contributed by atoms with van der Waals surface area (Å²) < 4.78 is 26.3. The molecule has 0 radical (unpaired) electrons. The van der Waals surface area contributed by atoms with Crippen LogP contribution in [0.2, 0.25) is 5.02 Å². The first-order chi connectivity index (χ1) is 9.49. The van der Waals surface area contributed by atoms with E-state index < -0.39 is 10.0 Å². The van der Waals surface area contributed by atoms with Crippen LogP contribution in [0.5, 0.6) is 0 Å². The van der Waals surface area contributed by atoms with Crippen molar-refractivity contribution in [1.29, 1.82) is 0 Å². The van der Waals surface area contributed by atoms with Gasteiger partial charge in [0.1, 0.15) is 4.90 Å². The van der Waals surface area contributed by atoms with Crippen LogP contribution in [0.3, 0.4) is 0 Å². The smallest absolute Gasteiger partial charge is 0.242 e. The van der Waals surface area contributed by atoms with Crippen LogP contribution in [-0.2, 0) is 14.8 Å². The topological polar surface area (TPSA) is 75.3 Å². The third kappa shape index (κ3) is 3.94. The van der Waals surface area contributed by atoms with E-state index in [0.29, 0.717) is 0 Å². The highest BCUT2D eigenvalue weighted by Gasteiger charge is 2.20. The van der Waals surface area contributed by atoms with E-state index in [4.69, 9.17) is 11.6 Å². The lowest BCUT2D eigenvalue weighted by Crippen LogP contribution is -2.40. The van der Waals surface area contributed by atoms with Crippen molar-refractivity contribution >= 4 is 27.5 Å². The fourth-order valence-corrected chi connectivity index (χ4v) is 3.75. The highest BCUT2D eigenvalue weighted by molar-refractivity contribution is 7.89. The van der Waals surface area contributed by atoms with E-state index in [1.807, 2.05) is 0 Å². The molecule has 1 aromatic carbocycles. The zero-order chi connectivity index (χ0) is 14.6. The lowest BCUT2D eigenvalue weighted by atomic mass is 10.2. The summed E-state index contributed by atoms with van der Waals surface area (Å²) in [7, 11) is -3.76. The van der Waals surface area contributed by atoms with Gasteiger partial charge in [-0.2, -0.15) is 0 Å². The molecule has 0 bridgehead atoms. The second-order valence-corrected chi connectivity index (χ2v) is 6.95. The fourth-order valence-electron chi connectivity index (χ4n) is 2.25. The molecule has 1 aromatic rings. The first-order valence-corrected chi connectivity index (χ1v) is 8.39. The maximum atomic E-state index is 12.0. The predicted octanol–water partition coefficient (Wildman–Crippen LogP) is 1.68. The Morgan fingerprint density at radius 3 is 2.55 bits per heavy atom. The van der Waals surface area contributed by atoms with Crippen molar-refractivity contribution in [3.63, 3.8) is 0 Å². The third-order valence-electron chi connectivity index (χ3n) is 3.27. The number of nitrogens with one attached hydrogen (secondary N) is 2. The number of rotatable bonds is 5. The van der Waals surface area contributed by atoms with Crippen molar-refractivity contribution in [3.8, 4) is 0 Å². The molecule has 0 atom stereocenters. The lowest BCUT2D eigenvalue weighted by Gasteiger charge is -2.12. The summed E-state index contributed by atoms with van der Waals surface area (Å²) in [5, 5.41) is 2.95. The van der Waals surface area contributed by atoms with E-state index in [2.05, 4.69) is 10.0 Å². The summed E-state index contributed by atoms with van der Waals surface area (Å²) in [4.78, 5) is 11.7. The van der Waals surface area contributed by atoms with Gasteiger partial charge in [-0.3, -0.25) is 4.79 Å². The number of hydrogen-bond acceptors (Lipinski definition) is 3. The maximum Gasteiger partial charge on any atom is 0.242 e. The summed E-state index contributed by atoms with van der Waals surface area (Å²) >= 11 is 5.84. The van der Waals surface area contributed by atoms with Crippen molar-refractivity contribution in [2.45, 2.75) is 36.6 Å². The highest BCUT2D eigenvalue weighted by Crippen LogP contribution is 2.20. The van der Waals surface area contributed by atoms with Crippen LogP contribution in [0, 0.1) is 0 Å². The molecule has 1 aliphatic rings. The SMILES string of the molecule is O=C(CNS(=O)(=O)c1ccccc1Cl)NC1CCCC1. The van der Waals surface area contributed by atoms with Crippen LogP contribution in [0.1, 0.15) is 25.7 Å². The highest BCUT2D eigenvalue weighted by atomic mass is 35.5. The molecule has 0 spiro atoms. The number of hydrogen-bond donors (Lipinski definition) is 2. The monoisotopic (exact) mass is 316 g/mol. The summed E-state index contributed by atoms with van der Waals surface area (Å²) in [6.45, 7) is -0.274. The van der Waals surface area contributed by atoms with Gasteiger partial charge < -0.3 is 5.32 Å². The average molecular weight is 317 g/mol. The first kappa shape index (κ1) is 15.3. The van der Waals surface area contributed by atoms with E-state index in [9.17, 15) is 13.2 Å². The van der Waals surface area contributed by atoms with E-state index in [0.717, 1.165) is 25.7 Å². The van der Waals surface area contributed by atoms with Crippen molar-refractivity contribution in [3.05, 3.63) is 29.3 Å². The molecule has 2 N–H and O–H groups in total. The van der Waals surface area contributed by atoms with Crippen LogP contribution < -0.4 is 10.0 Å². The molecule has 0 saturated heterocycles. The molecule has 1 saturated carbocycles. The molecule has 0 aliphatic heterocycles. The molecule has 2 rings (SSSR count). The van der Waals surface area contributed by atoms with Crippen LogP contribution in [0.4, 0.5) is 0 Å². The van der Waals surface area contributed by atoms with Gasteiger partial charge in [-0.15, -0.1) is 0 Å². The van der Waals surface area contributed by atoms with Gasteiger partial charge in [0.15, 0.2) is 0 Å². The van der Waals surface area contributed by atoms with E-state index in [-0.39, 0.29) is 28.4 Å². The minimum atomic E-state index is -3.76. The van der Waals surface area contributed by atoms with Gasteiger partial charge >= 0.3 is 0 Å². The first-order valence-electron chi connectivity index (χ1n) is 6.52. The summed E-state index contributed by atoms with van der Waals surface area (Å²) in [6, 6.07) is 6.30. The number of sulfonamides is 1. The van der Waals surface area contributed by atoms with E-state index in [1.54, 1.807) is 12.1 Å². The van der Waals surface area contributed by atoms with Gasteiger partial charge in [-0.25, -0.2) is 13.1 Å². The summed E-state index contributed by atoms with van der Waals surface area (Å²) in [6.07, 6.45) is 4.14. The average Bonchev–Trinajstić information content (AvgIpc) is 2.90. The molecule has 7 heteroatoms. The van der Waals surface area contributed by atoms with Gasteiger partial charge in [0.25, 0.3) is 0 Å². The van der Waals surface area contributed by atoms with Gasteiger partial charge in [0.2, 0.25) is 15.9 Å². The number of carbonyl (C=O) groups is 1. The Morgan fingerprint density at radius 1 is 1.25 bits per heavy atom. The second kappa shape index (κ2) is 6.56. The summed E-state index contributed by atoms with van der Waals surface area (Å²) in [5.74, 6) is -0.312. The van der Waals surface area contributed by atoms with Gasteiger partial charge in [-0.05, 0) is 25.0 Å². The zero-order valence-corrected chi connectivity index (χ0v) is 12.5. The minimum Gasteiger partial charge on any atom is -0.352 e. The molecule has 0 unspecified atom stereocenters. The van der Waals surface area contributed by atoms with Crippen molar-refractivity contribution in [2.75, 3.05) is 6.54 Å². The molecule has 0 aromatic heterocycles. The minimum absolute atomic E-state index is 0.0182. The second-order valence-electron chi connectivity index (χ2n) is 4.80. The molecule has 20 heavy (non-hydrogen) atoms. The Morgan fingerprint density at radius 2 is 1.90 bits per heavy atom. The quantitative estimate of drug-likeness (QED) is 0.868. The molecule has 1 amide bonds. The summed E-state index contributed by atoms with van der Waals surface area (Å²) in [5.41, 5.74) is 0. The Bertz CT molecular complexity index is 583. The van der Waals surface area contributed by atoms with Gasteiger partial charge in [-0.1, -0.05) is 36.6 Å².